The quantitative estimate of drug-likeness (QED) is 0.888. The molecule has 1 atom stereocenters. The van der Waals surface area contributed by atoms with Crippen molar-refractivity contribution in [1.82, 2.24) is 15.3 Å². The number of piperidine rings is 1. The van der Waals surface area contributed by atoms with E-state index in [4.69, 9.17) is 0 Å². The number of H-pyrrole nitrogens is 1. The molecule has 1 fully saturated rings. The van der Waals surface area contributed by atoms with Crippen molar-refractivity contribution >= 4 is 34.0 Å². The third-order valence-corrected chi connectivity index (χ3v) is 2.73. The Balaban J connectivity index is 0.000000980. The van der Waals surface area contributed by atoms with Gasteiger partial charge in [0.05, 0.1) is 6.33 Å². The molecule has 0 spiro atoms. The first kappa shape index (κ1) is 15.1. The number of imidazole rings is 1. The molecule has 88 valence electrons. The summed E-state index contributed by atoms with van der Waals surface area (Å²) in [6.45, 7) is 1.20. The smallest absolute Gasteiger partial charge is 0.0921 e. The first-order valence-electron chi connectivity index (χ1n) is 5.16. The van der Waals surface area contributed by atoms with E-state index in [1.54, 1.807) is 6.33 Å². The summed E-state index contributed by atoms with van der Waals surface area (Å²) in [5.41, 5.74) is 1.26. The van der Waals surface area contributed by atoms with Crippen LogP contribution in [0.15, 0.2) is 12.5 Å². The van der Waals surface area contributed by atoms with E-state index in [2.05, 4.69) is 15.3 Å². The van der Waals surface area contributed by atoms with E-state index < -0.39 is 0 Å². The Kier molecular flexibility index (Phi) is 8.37. The van der Waals surface area contributed by atoms with Crippen molar-refractivity contribution in [1.29, 1.82) is 0 Å². The molecule has 2 heterocycles. The van der Waals surface area contributed by atoms with Gasteiger partial charge in [0.1, 0.15) is 0 Å². The third kappa shape index (κ3) is 5.13. The van der Waals surface area contributed by atoms with E-state index in [0.717, 1.165) is 12.5 Å². The van der Waals surface area contributed by atoms with Gasteiger partial charge in [-0.15, -0.1) is 34.0 Å². The van der Waals surface area contributed by atoms with Crippen LogP contribution in [-0.2, 0) is 6.42 Å². The summed E-state index contributed by atoms with van der Waals surface area (Å²) in [5.74, 6) is 0. The van der Waals surface area contributed by atoms with Crippen LogP contribution in [0.3, 0.4) is 0 Å². The second kappa shape index (κ2) is 8.30. The average Bonchev–Trinajstić information content (AvgIpc) is 2.69. The highest BCUT2D eigenvalue weighted by Gasteiger charge is 2.11. The van der Waals surface area contributed by atoms with Gasteiger partial charge in [0.15, 0.2) is 0 Å². The highest BCUT2D eigenvalue weighted by molar-refractivity contribution is 8.93. The fourth-order valence-corrected chi connectivity index (χ4v) is 1.92. The Morgan fingerprint density at radius 1 is 1.33 bits per heavy atom. The molecular formula is C10H19Br2N3. The van der Waals surface area contributed by atoms with Crippen molar-refractivity contribution in [2.45, 2.75) is 38.1 Å². The van der Waals surface area contributed by atoms with Crippen LogP contribution < -0.4 is 5.32 Å². The number of aromatic amines is 1. The zero-order chi connectivity index (χ0) is 8.93. The molecule has 1 aliphatic rings. The van der Waals surface area contributed by atoms with Crippen LogP contribution >= 0.6 is 34.0 Å². The van der Waals surface area contributed by atoms with Crippen LogP contribution in [-0.4, -0.2) is 22.6 Å². The molecule has 1 aromatic heterocycles. The van der Waals surface area contributed by atoms with Crippen molar-refractivity contribution in [2.24, 2.45) is 0 Å². The number of rotatable bonds is 3. The molecular weight excluding hydrogens is 322 g/mol. The molecule has 0 radical (unpaired) electrons. The summed E-state index contributed by atoms with van der Waals surface area (Å²) < 4.78 is 0. The van der Waals surface area contributed by atoms with Crippen LogP contribution in [0, 0.1) is 0 Å². The minimum atomic E-state index is 0. The van der Waals surface area contributed by atoms with Crippen LogP contribution in [0.5, 0.6) is 0 Å². The first-order chi connectivity index (χ1) is 6.45. The number of hydrogen-bond donors (Lipinski definition) is 2. The van der Waals surface area contributed by atoms with Crippen molar-refractivity contribution in [2.75, 3.05) is 6.54 Å². The molecule has 3 nitrogen and oxygen atoms in total. The number of halogens is 2. The minimum Gasteiger partial charge on any atom is -0.348 e. The van der Waals surface area contributed by atoms with Crippen LogP contribution in [0.1, 0.15) is 31.4 Å². The standard InChI is InChI=1S/C10H17N3.2BrH/c1-2-6-12-9(3-1)4-5-10-7-11-8-13-10;;/h7-9,12H,1-6H2,(H,11,13);2*1H. The lowest BCUT2D eigenvalue weighted by molar-refractivity contribution is 0.382. The second-order valence-corrected chi connectivity index (χ2v) is 3.76. The Morgan fingerprint density at radius 2 is 2.20 bits per heavy atom. The van der Waals surface area contributed by atoms with Gasteiger partial charge in [-0.2, -0.15) is 0 Å². The molecule has 0 bridgehead atoms. The number of hydrogen-bond acceptors (Lipinski definition) is 2. The normalized spacial score (nSPS) is 20.1. The molecule has 0 aromatic carbocycles. The summed E-state index contributed by atoms with van der Waals surface area (Å²) in [7, 11) is 0. The van der Waals surface area contributed by atoms with E-state index in [0.29, 0.717) is 0 Å². The molecule has 15 heavy (non-hydrogen) atoms. The predicted molar refractivity (Wildman–Crippen MR) is 73.2 cm³/mol. The molecule has 1 aromatic rings. The van der Waals surface area contributed by atoms with E-state index in [1.807, 2.05) is 6.20 Å². The summed E-state index contributed by atoms with van der Waals surface area (Å²) in [5, 5.41) is 3.55. The molecule has 0 aliphatic carbocycles. The molecule has 5 heteroatoms. The van der Waals surface area contributed by atoms with E-state index >= 15 is 0 Å². The zero-order valence-electron chi connectivity index (χ0n) is 8.74. The van der Waals surface area contributed by atoms with Crippen LogP contribution in [0.4, 0.5) is 0 Å². The van der Waals surface area contributed by atoms with Gasteiger partial charge in [-0.1, -0.05) is 6.42 Å². The van der Waals surface area contributed by atoms with Crippen molar-refractivity contribution < 1.29 is 0 Å². The zero-order valence-corrected chi connectivity index (χ0v) is 12.2. The van der Waals surface area contributed by atoms with Crippen LogP contribution in [0.25, 0.3) is 0 Å². The van der Waals surface area contributed by atoms with E-state index in [1.165, 1.54) is 37.9 Å². The monoisotopic (exact) mass is 339 g/mol. The highest BCUT2D eigenvalue weighted by atomic mass is 79.9. The van der Waals surface area contributed by atoms with Crippen molar-refractivity contribution in [3.8, 4) is 0 Å². The number of aryl methyl sites for hydroxylation is 1. The molecule has 2 N–H and O–H groups in total. The maximum atomic E-state index is 4.01. The molecule has 0 amide bonds. The minimum absolute atomic E-state index is 0. The lowest BCUT2D eigenvalue weighted by atomic mass is 10.00. The Bertz CT molecular complexity index is 233. The van der Waals surface area contributed by atoms with Gasteiger partial charge in [-0.25, -0.2) is 4.98 Å². The molecule has 0 saturated carbocycles. The fraction of sp³-hybridized carbons (Fsp3) is 0.700. The maximum Gasteiger partial charge on any atom is 0.0921 e. The van der Waals surface area contributed by atoms with Gasteiger partial charge in [-0.05, 0) is 32.2 Å². The van der Waals surface area contributed by atoms with E-state index in [-0.39, 0.29) is 34.0 Å². The molecule has 1 unspecified atom stereocenters. The number of aromatic nitrogens is 2. The lowest BCUT2D eigenvalue weighted by Gasteiger charge is -2.22. The van der Waals surface area contributed by atoms with Crippen LogP contribution in [0.2, 0.25) is 0 Å². The lowest BCUT2D eigenvalue weighted by Crippen LogP contribution is -2.34. The third-order valence-electron chi connectivity index (χ3n) is 2.73. The first-order valence-corrected chi connectivity index (χ1v) is 5.16. The largest absolute Gasteiger partial charge is 0.348 e. The topological polar surface area (TPSA) is 40.7 Å². The predicted octanol–water partition coefficient (Wildman–Crippen LogP) is 2.64. The molecule has 2 rings (SSSR count). The van der Waals surface area contributed by atoms with Gasteiger partial charge in [-0.3, -0.25) is 0 Å². The fourth-order valence-electron chi connectivity index (χ4n) is 1.92. The Hall–Kier alpha value is 0.130. The summed E-state index contributed by atoms with van der Waals surface area (Å²) in [6.07, 6.45) is 10.1. The van der Waals surface area contributed by atoms with Gasteiger partial charge >= 0.3 is 0 Å². The van der Waals surface area contributed by atoms with E-state index in [9.17, 15) is 0 Å². The highest BCUT2D eigenvalue weighted by Crippen LogP contribution is 2.11. The summed E-state index contributed by atoms with van der Waals surface area (Å²) in [6, 6.07) is 0.733. The summed E-state index contributed by atoms with van der Waals surface area (Å²) in [4.78, 5) is 7.15. The second-order valence-electron chi connectivity index (χ2n) is 3.76. The van der Waals surface area contributed by atoms with Gasteiger partial charge < -0.3 is 10.3 Å². The maximum absolute atomic E-state index is 4.01. The number of nitrogens with zero attached hydrogens (tertiary/aromatic N) is 1. The van der Waals surface area contributed by atoms with Gasteiger partial charge in [0.25, 0.3) is 0 Å². The Labute approximate surface area is 112 Å². The SMILES string of the molecule is Br.Br.c1ncc(CCC2CCCCN2)[nH]1. The van der Waals surface area contributed by atoms with Gasteiger partial charge in [0, 0.05) is 17.9 Å². The van der Waals surface area contributed by atoms with Gasteiger partial charge in [0.2, 0.25) is 0 Å². The molecule has 1 aliphatic heterocycles. The van der Waals surface area contributed by atoms with Crippen molar-refractivity contribution in [3.05, 3.63) is 18.2 Å². The number of nitrogens with one attached hydrogen (secondary N) is 2. The van der Waals surface area contributed by atoms with Crippen molar-refractivity contribution in [3.63, 3.8) is 0 Å². The summed E-state index contributed by atoms with van der Waals surface area (Å²) >= 11 is 0. The molecule has 1 saturated heterocycles. The average molecular weight is 341 g/mol. The Morgan fingerprint density at radius 3 is 2.80 bits per heavy atom.